The summed E-state index contributed by atoms with van der Waals surface area (Å²) in [5, 5.41) is 0.961. The van der Waals surface area contributed by atoms with Gasteiger partial charge in [-0.05, 0) is 17.7 Å². The van der Waals surface area contributed by atoms with Crippen LogP contribution in [-0.4, -0.2) is 43.1 Å². The Balaban J connectivity index is 1.98. The van der Waals surface area contributed by atoms with Gasteiger partial charge < -0.3 is 9.47 Å². The van der Waals surface area contributed by atoms with Crippen molar-refractivity contribution in [3.8, 4) is 5.75 Å². The maximum absolute atomic E-state index is 5.49. The average Bonchev–Trinajstić information content (AvgIpc) is 2.40. The molecular formula is C13H18BrNO2. The molecule has 2 rings (SSSR count). The monoisotopic (exact) mass is 299 g/mol. The highest BCUT2D eigenvalue weighted by molar-refractivity contribution is 9.09. The molecule has 0 bridgehead atoms. The lowest BCUT2D eigenvalue weighted by atomic mass is 10.1. The molecule has 1 atom stereocenters. The molecular weight excluding hydrogens is 282 g/mol. The molecule has 17 heavy (non-hydrogen) atoms. The standard InChI is InChI=1S/C13H18BrNO2/c1-16-13-4-2-11(3-5-13)9-15-6-7-17-10-12(15)8-14/h2-5,12H,6-10H2,1H3. The molecule has 1 aliphatic rings. The highest BCUT2D eigenvalue weighted by atomic mass is 79.9. The molecule has 0 amide bonds. The maximum Gasteiger partial charge on any atom is 0.118 e. The van der Waals surface area contributed by atoms with Crippen molar-refractivity contribution in [2.45, 2.75) is 12.6 Å². The molecule has 1 unspecified atom stereocenters. The van der Waals surface area contributed by atoms with E-state index in [1.54, 1.807) is 7.11 Å². The summed E-state index contributed by atoms with van der Waals surface area (Å²) in [6.45, 7) is 3.63. The lowest BCUT2D eigenvalue weighted by Gasteiger charge is -2.34. The van der Waals surface area contributed by atoms with Crippen LogP contribution >= 0.6 is 15.9 Å². The first kappa shape index (κ1) is 12.9. The molecule has 4 heteroatoms. The molecule has 0 N–H and O–H groups in total. The second-order valence-corrected chi connectivity index (χ2v) is 4.85. The van der Waals surface area contributed by atoms with Gasteiger partial charge in [-0.3, -0.25) is 4.90 Å². The van der Waals surface area contributed by atoms with E-state index in [0.717, 1.165) is 37.4 Å². The number of alkyl halides is 1. The van der Waals surface area contributed by atoms with Crippen LogP contribution in [0.1, 0.15) is 5.56 Å². The van der Waals surface area contributed by atoms with Gasteiger partial charge in [-0.1, -0.05) is 28.1 Å². The molecule has 3 nitrogen and oxygen atoms in total. The van der Waals surface area contributed by atoms with Crippen molar-refractivity contribution < 1.29 is 9.47 Å². The molecule has 1 heterocycles. The number of hydrogen-bond acceptors (Lipinski definition) is 3. The third-order valence-electron chi connectivity index (χ3n) is 3.07. The Morgan fingerprint density at radius 2 is 2.18 bits per heavy atom. The minimum absolute atomic E-state index is 0.478. The van der Waals surface area contributed by atoms with Gasteiger partial charge in [0.25, 0.3) is 0 Å². The van der Waals surface area contributed by atoms with Crippen LogP contribution in [0.5, 0.6) is 5.75 Å². The minimum atomic E-state index is 0.478. The zero-order chi connectivity index (χ0) is 12.1. The third-order valence-corrected chi connectivity index (χ3v) is 3.82. The van der Waals surface area contributed by atoms with Gasteiger partial charge in [0.05, 0.1) is 20.3 Å². The Hall–Kier alpha value is -0.580. The molecule has 94 valence electrons. The first-order valence-electron chi connectivity index (χ1n) is 5.84. The Morgan fingerprint density at radius 1 is 1.41 bits per heavy atom. The average molecular weight is 300 g/mol. The second kappa shape index (κ2) is 6.38. The normalized spacial score (nSPS) is 21.4. The predicted molar refractivity (Wildman–Crippen MR) is 71.8 cm³/mol. The Labute approximate surface area is 111 Å². The van der Waals surface area contributed by atoms with Crippen LogP contribution in [0.15, 0.2) is 24.3 Å². The number of ether oxygens (including phenoxy) is 2. The summed E-state index contributed by atoms with van der Waals surface area (Å²) in [6, 6.07) is 8.75. The third kappa shape index (κ3) is 3.44. The van der Waals surface area contributed by atoms with Crippen LogP contribution in [0.3, 0.4) is 0 Å². The van der Waals surface area contributed by atoms with Gasteiger partial charge >= 0.3 is 0 Å². The molecule has 1 aromatic rings. The number of morpholine rings is 1. The fourth-order valence-corrected chi connectivity index (χ4v) is 2.60. The first-order valence-corrected chi connectivity index (χ1v) is 6.96. The van der Waals surface area contributed by atoms with Crippen LogP contribution in [0.25, 0.3) is 0 Å². The highest BCUT2D eigenvalue weighted by Gasteiger charge is 2.21. The number of rotatable bonds is 4. The van der Waals surface area contributed by atoms with E-state index < -0.39 is 0 Å². The number of nitrogens with zero attached hydrogens (tertiary/aromatic N) is 1. The van der Waals surface area contributed by atoms with Crippen molar-refractivity contribution >= 4 is 15.9 Å². The number of halogens is 1. The van der Waals surface area contributed by atoms with Crippen molar-refractivity contribution in [1.29, 1.82) is 0 Å². The zero-order valence-electron chi connectivity index (χ0n) is 10.1. The molecule has 0 radical (unpaired) electrons. The van der Waals surface area contributed by atoms with Crippen molar-refractivity contribution in [2.75, 3.05) is 32.2 Å². The van der Waals surface area contributed by atoms with Gasteiger partial charge in [0.2, 0.25) is 0 Å². The molecule has 1 saturated heterocycles. The van der Waals surface area contributed by atoms with E-state index in [0.29, 0.717) is 6.04 Å². The van der Waals surface area contributed by atoms with Crippen LogP contribution in [0.2, 0.25) is 0 Å². The molecule has 0 saturated carbocycles. The lowest BCUT2D eigenvalue weighted by Crippen LogP contribution is -2.45. The summed E-state index contributed by atoms with van der Waals surface area (Å²) in [4.78, 5) is 2.46. The fraction of sp³-hybridized carbons (Fsp3) is 0.538. The first-order chi connectivity index (χ1) is 8.33. The van der Waals surface area contributed by atoms with Gasteiger partial charge in [-0.15, -0.1) is 0 Å². The van der Waals surface area contributed by atoms with E-state index in [2.05, 4.69) is 33.0 Å². The second-order valence-electron chi connectivity index (χ2n) is 4.20. The molecule has 1 aliphatic heterocycles. The Bertz CT molecular complexity index is 342. The van der Waals surface area contributed by atoms with E-state index in [1.165, 1.54) is 5.56 Å². The summed E-state index contributed by atoms with van der Waals surface area (Å²) in [5.74, 6) is 0.910. The summed E-state index contributed by atoms with van der Waals surface area (Å²) in [7, 11) is 1.69. The zero-order valence-corrected chi connectivity index (χ0v) is 11.6. The molecule has 0 aromatic heterocycles. The molecule has 0 aliphatic carbocycles. The largest absolute Gasteiger partial charge is 0.497 e. The highest BCUT2D eigenvalue weighted by Crippen LogP contribution is 2.16. The summed E-state index contributed by atoms with van der Waals surface area (Å²) in [6.07, 6.45) is 0. The fourth-order valence-electron chi connectivity index (χ4n) is 2.00. The SMILES string of the molecule is COc1ccc(CN2CCOCC2CBr)cc1. The Kier molecular flexibility index (Phi) is 4.83. The predicted octanol–water partition coefficient (Wildman–Crippen LogP) is 2.29. The molecule has 0 spiro atoms. The summed E-state index contributed by atoms with van der Waals surface area (Å²) < 4.78 is 10.6. The lowest BCUT2D eigenvalue weighted by molar-refractivity contribution is -0.00213. The summed E-state index contributed by atoms with van der Waals surface area (Å²) in [5.41, 5.74) is 1.32. The van der Waals surface area contributed by atoms with E-state index in [9.17, 15) is 0 Å². The number of benzene rings is 1. The number of hydrogen-bond donors (Lipinski definition) is 0. The molecule has 1 fully saturated rings. The minimum Gasteiger partial charge on any atom is -0.497 e. The van der Waals surface area contributed by atoms with E-state index >= 15 is 0 Å². The summed E-state index contributed by atoms with van der Waals surface area (Å²) >= 11 is 3.55. The van der Waals surface area contributed by atoms with Crippen LogP contribution in [-0.2, 0) is 11.3 Å². The van der Waals surface area contributed by atoms with Crippen molar-refractivity contribution in [2.24, 2.45) is 0 Å². The van der Waals surface area contributed by atoms with E-state index in [4.69, 9.17) is 9.47 Å². The van der Waals surface area contributed by atoms with Crippen LogP contribution in [0, 0.1) is 0 Å². The Morgan fingerprint density at radius 3 is 2.82 bits per heavy atom. The van der Waals surface area contributed by atoms with Gasteiger partial charge in [0.15, 0.2) is 0 Å². The van der Waals surface area contributed by atoms with E-state index in [1.807, 2.05) is 12.1 Å². The molecule has 1 aromatic carbocycles. The van der Waals surface area contributed by atoms with E-state index in [-0.39, 0.29) is 0 Å². The topological polar surface area (TPSA) is 21.7 Å². The van der Waals surface area contributed by atoms with Crippen LogP contribution < -0.4 is 4.74 Å². The smallest absolute Gasteiger partial charge is 0.118 e. The van der Waals surface area contributed by atoms with Gasteiger partial charge in [0.1, 0.15) is 5.75 Å². The van der Waals surface area contributed by atoms with Crippen LogP contribution in [0.4, 0.5) is 0 Å². The van der Waals surface area contributed by atoms with Crippen molar-refractivity contribution in [1.82, 2.24) is 4.90 Å². The number of methoxy groups -OCH3 is 1. The quantitative estimate of drug-likeness (QED) is 0.796. The van der Waals surface area contributed by atoms with Gasteiger partial charge in [-0.2, -0.15) is 0 Å². The van der Waals surface area contributed by atoms with Gasteiger partial charge in [0, 0.05) is 24.5 Å². The van der Waals surface area contributed by atoms with Crippen molar-refractivity contribution in [3.63, 3.8) is 0 Å². The van der Waals surface area contributed by atoms with Gasteiger partial charge in [-0.25, -0.2) is 0 Å². The van der Waals surface area contributed by atoms with Crippen molar-refractivity contribution in [3.05, 3.63) is 29.8 Å². The maximum atomic E-state index is 5.49.